The van der Waals surface area contributed by atoms with Gasteiger partial charge in [0.1, 0.15) is 0 Å². The van der Waals surface area contributed by atoms with Crippen molar-refractivity contribution in [2.75, 3.05) is 13.2 Å². The summed E-state index contributed by atoms with van der Waals surface area (Å²) in [7, 11) is 0. The van der Waals surface area contributed by atoms with Gasteiger partial charge in [0.05, 0.1) is 6.10 Å². The van der Waals surface area contributed by atoms with Gasteiger partial charge in [0.2, 0.25) is 0 Å². The summed E-state index contributed by atoms with van der Waals surface area (Å²) in [6.45, 7) is 3.85. The lowest BCUT2D eigenvalue weighted by atomic mass is 9.96. The Labute approximate surface area is 127 Å². The number of hydrogen-bond acceptors (Lipinski definition) is 2. The van der Waals surface area contributed by atoms with Crippen LogP contribution in [-0.2, 0) is 4.74 Å². The summed E-state index contributed by atoms with van der Waals surface area (Å²) >= 11 is 0. The molecule has 1 saturated carbocycles. The number of guanidine groups is 1. The standard InChI is InChI=1S/C13H25N3O.HI/c1-10-8-11(6-7-17-10)9-15-13(14)16-12-4-2-3-5-12;/h10-12H,2-9H2,1H3,(H3,14,15,16);1H. The second kappa shape index (κ2) is 8.19. The Morgan fingerprint density at radius 3 is 2.72 bits per heavy atom. The minimum Gasteiger partial charge on any atom is -0.378 e. The molecule has 0 aromatic rings. The van der Waals surface area contributed by atoms with Crippen molar-refractivity contribution in [2.24, 2.45) is 16.6 Å². The van der Waals surface area contributed by atoms with E-state index in [2.05, 4.69) is 17.2 Å². The van der Waals surface area contributed by atoms with Crippen molar-refractivity contribution in [2.45, 2.75) is 57.6 Å². The van der Waals surface area contributed by atoms with Crippen molar-refractivity contribution >= 4 is 29.9 Å². The zero-order valence-corrected chi connectivity index (χ0v) is 13.6. The normalized spacial score (nSPS) is 29.9. The first-order chi connectivity index (χ1) is 8.24. The third kappa shape index (κ3) is 5.30. The van der Waals surface area contributed by atoms with E-state index in [9.17, 15) is 0 Å². The fraction of sp³-hybridized carbons (Fsp3) is 0.923. The molecular formula is C13H26IN3O. The Hall–Kier alpha value is -0.0400. The quantitative estimate of drug-likeness (QED) is 0.457. The molecule has 1 heterocycles. The number of nitrogens with zero attached hydrogens (tertiary/aromatic N) is 1. The minimum atomic E-state index is 0. The Bertz CT molecular complexity index is 267. The predicted molar refractivity (Wildman–Crippen MR) is 85.4 cm³/mol. The smallest absolute Gasteiger partial charge is 0.188 e. The van der Waals surface area contributed by atoms with Gasteiger partial charge >= 0.3 is 0 Å². The maximum absolute atomic E-state index is 5.91. The topological polar surface area (TPSA) is 59.6 Å². The van der Waals surface area contributed by atoms with E-state index in [1.54, 1.807) is 0 Å². The number of rotatable bonds is 3. The number of hydrogen-bond donors (Lipinski definition) is 2. The Morgan fingerprint density at radius 2 is 2.06 bits per heavy atom. The molecule has 2 rings (SSSR count). The highest BCUT2D eigenvalue weighted by Crippen LogP contribution is 2.20. The van der Waals surface area contributed by atoms with Crippen LogP contribution in [0.5, 0.6) is 0 Å². The van der Waals surface area contributed by atoms with Crippen LogP contribution in [0.4, 0.5) is 0 Å². The van der Waals surface area contributed by atoms with Gasteiger partial charge in [-0.15, -0.1) is 24.0 Å². The van der Waals surface area contributed by atoms with Gasteiger partial charge in [-0.05, 0) is 38.5 Å². The zero-order chi connectivity index (χ0) is 12.1. The summed E-state index contributed by atoms with van der Waals surface area (Å²) in [5, 5.41) is 3.33. The molecule has 2 aliphatic rings. The highest BCUT2D eigenvalue weighted by Gasteiger charge is 2.19. The number of halogens is 1. The Morgan fingerprint density at radius 1 is 1.33 bits per heavy atom. The molecule has 0 bridgehead atoms. The Balaban J connectivity index is 0.00000162. The van der Waals surface area contributed by atoms with Gasteiger partial charge in [-0.1, -0.05) is 12.8 Å². The van der Waals surface area contributed by atoms with Crippen molar-refractivity contribution in [3.05, 3.63) is 0 Å². The van der Waals surface area contributed by atoms with E-state index in [0.29, 0.717) is 24.0 Å². The van der Waals surface area contributed by atoms with Crippen LogP contribution in [-0.4, -0.2) is 31.3 Å². The first-order valence-electron chi connectivity index (χ1n) is 6.92. The maximum Gasteiger partial charge on any atom is 0.188 e. The van der Waals surface area contributed by atoms with E-state index in [0.717, 1.165) is 26.0 Å². The van der Waals surface area contributed by atoms with Gasteiger partial charge < -0.3 is 15.8 Å². The Kier molecular flexibility index (Phi) is 7.29. The van der Waals surface area contributed by atoms with Crippen LogP contribution in [0.2, 0.25) is 0 Å². The second-order valence-corrected chi connectivity index (χ2v) is 5.42. The molecule has 0 amide bonds. The van der Waals surface area contributed by atoms with Gasteiger partial charge in [-0.2, -0.15) is 0 Å². The highest BCUT2D eigenvalue weighted by molar-refractivity contribution is 14.0. The van der Waals surface area contributed by atoms with Crippen LogP contribution in [0.25, 0.3) is 0 Å². The molecular weight excluding hydrogens is 341 g/mol. The first kappa shape index (κ1) is 16.0. The molecule has 1 aliphatic heterocycles. The molecule has 106 valence electrons. The second-order valence-electron chi connectivity index (χ2n) is 5.42. The molecule has 2 atom stereocenters. The molecule has 2 fully saturated rings. The van der Waals surface area contributed by atoms with Crippen LogP contribution in [0.1, 0.15) is 45.4 Å². The average molecular weight is 367 g/mol. The molecule has 1 saturated heterocycles. The first-order valence-corrected chi connectivity index (χ1v) is 6.92. The lowest BCUT2D eigenvalue weighted by Gasteiger charge is -2.26. The monoisotopic (exact) mass is 367 g/mol. The summed E-state index contributed by atoms with van der Waals surface area (Å²) in [5.74, 6) is 1.28. The fourth-order valence-corrected chi connectivity index (χ4v) is 2.81. The molecule has 3 N–H and O–H groups in total. The van der Waals surface area contributed by atoms with Gasteiger partial charge in [-0.25, -0.2) is 0 Å². The molecule has 1 aliphatic carbocycles. The van der Waals surface area contributed by atoms with E-state index in [-0.39, 0.29) is 24.0 Å². The molecule has 2 unspecified atom stereocenters. The van der Waals surface area contributed by atoms with Crippen molar-refractivity contribution in [3.8, 4) is 0 Å². The molecule has 0 aromatic carbocycles. The van der Waals surface area contributed by atoms with Crippen molar-refractivity contribution in [3.63, 3.8) is 0 Å². The third-order valence-electron chi connectivity index (χ3n) is 3.82. The minimum absolute atomic E-state index is 0. The summed E-state index contributed by atoms with van der Waals surface area (Å²) in [6, 6.07) is 0.562. The number of aliphatic imine (C=N–C) groups is 1. The van der Waals surface area contributed by atoms with Crippen LogP contribution in [0.3, 0.4) is 0 Å². The molecule has 0 aromatic heterocycles. The van der Waals surface area contributed by atoms with Gasteiger partial charge in [0.25, 0.3) is 0 Å². The van der Waals surface area contributed by atoms with Crippen molar-refractivity contribution in [1.82, 2.24) is 5.32 Å². The van der Waals surface area contributed by atoms with Crippen LogP contribution in [0, 0.1) is 5.92 Å². The number of ether oxygens (including phenoxy) is 1. The van der Waals surface area contributed by atoms with Gasteiger partial charge in [0, 0.05) is 19.2 Å². The summed E-state index contributed by atoms with van der Waals surface area (Å²) in [4.78, 5) is 4.47. The molecule has 0 radical (unpaired) electrons. The van der Waals surface area contributed by atoms with Crippen LogP contribution < -0.4 is 11.1 Å². The number of nitrogens with one attached hydrogen (secondary N) is 1. The lowest BCUT2D eigenvalue weighted by molar-refractivity contribution is 0.00481. The zero-order valence-electron chi connectivity index (χ0n) is 11.2. The van der Waals surface area contributed by atoms with Crippen molar-refractivity contribution < 1.29 is 4.74 Å². The highest BCUT2D eigenvalue weighted by atomic mass is 127. The third-order valence-corrected chi connectivity index (χ3v) is 3.82. The fourth-order valence-electron chi connectivity index (χ4n) is 2.81. The van der Waals surface area contributed by atoms with E-state index in [1.165, 1.54) is 25.7 Å². The van der Waals surface area contributed by atoms with E-state index in [1.807, 2.05) is 0 Å². The number of nitrogens with two attached hydrogens (primary N) is 1. The van der Waals surface area contributed by atoms with E-state index in [4.69, 9.17) is 10.5 Å². The summed E-state index contributed by atoms with van der Waals surface area (Å²) in [6.07, 6.45) is 7.73. The molecule has 4 nitrogen and oxygen atoms in total. The van der Waals surface area contributed by atoms with Crippen molar-refractivity contribution in [1.29, 1.82) is 0 Å². The van der Waals surface area contributed by atoms with Crippen LogP contribution in [0.15, 0.2) is 4.99 Å². The molecule has 18 heavy (non-hydrogen) atoms. The molecule has 5 heteroatoms. The average Bonchev–Trinajstić information content (AvgIpc) is 2.79. The van der Waals surface area contributed by atoms with Gasteiger partial charge in [0.15, 0.2) is 5.96 Å². The summed E-state index contributed by atoms with van der Waals surface area (Å²) in [5.41, 5.74) is 5.91. The van der Waals surface area contributed by atoms with Gasteiger partial charge in [-0.3, -0.25) is 4.99 Å². The lowest BCUT2D eigenvalue weighted by Crippen LogP contribution is -2.39. The summed E-state index contributed by atoms with van der Waals surface area (Å²) < 4.78 is 5.53. The van der Waals surface area contributed by atoms with E-state index < -0.39 is 0 Å². The molecule has 0 spiro atoms. The SMILES string of the molecule is CC1CC(CN=C(N)NC2CCCC2)CCO1.I. The van der Waals surface area contributed by atoms with E-state index >= 15 is 0 Å². The van der Waals surface area contributed by atoms with Crippen LogP contribution >= 0.6 is 24.0 Å². The predicted octanol–water partition coefficient (Wildman–Crippen LogP) is 2.27. The largest absolute Gasteiger partial charge is 0.378 e. The maximum atomic E-state index is 5.91.